The molecular formula is C24H17ClN2O2. The van der Waals surface area contributed by atoms with E-state index in [4.69, 9.17) is 17.3 Å². The van der Waals surface area contributed by atoms with Gasteiger partial charge in [-0.2, -0.15) is 0 Å². The molecule has 0 saturated heterocycles. The highest BCUT2D eigenvalue weighted by Crippen LogP contribution is 2.29. The SMILES string of the molecule is Nc1ccc(/C=C/c2ccc(NC3=C(Cl)C(=O)c4ccccc4C3=O)cc2)cc1. The number of Topliss-reactive ketones (excluding diaryl/α,β-unsaturated/α-hetero) is 2. The molecule has 0 atom stereocenters. The van der Waals surface area contributed by atoms with Crippen LogP contribution in [0.15, 0.2) is 83.5 Å². The molecule has 0 saturated carbocycles. The lowest BCUT2D eigenvalue weighted by atomic mass is 9.92. The number of nitrogens with two attached hydrogens (primary N) is 1. The van der Waals surface area contributed by atoms with Gasteiger partial charge in [-0.25, -0.2) is 0 Å². The van der Waals surface area contributed by atoms with Gasteiger partial charge in [0.25, 0.3) is 0 Å². The second-order valence-corrected chi connectivity index (χ2v) is 7.02. The average Bonchev–Trinajstić information content (AvgIpc) is 2.75. The van der Waals surface area contributed by atoms with E-state index in [1.165, 1.54) is 0 Å². The van der Waals surface area contributed by atoms with Gasteiger partial charge in [-0.15, -0.1) is 0 Å². The lowest BCUT2D eigenvalue weighted by Crippen LogP contribution is -2.24. The summed E-state index contributed by atoms with van der Waals surface area (Å²) >= 11 is 6.19. The predicted molar refractivity (Wildman–Crippen MR) is 118 cm³/mol. The molecule has 142 valence electrons. The van der Waals surface area contributed by atoms with Crippen LogP contribution in [0.5, 0.6) is 0 Å². The zero-order valence-electron chi connectivity index (χ0n) is 15.4. The highest BCUT2D eigenvalue weighted by molar-refractivity contribution is 6.50. The maximum atomic E-state index is 12.8. The van der Waals surface area contributed by atoms with Gasteiger partial charge in [0, 0.05) is 22.5 Å². The molecule has 0 aliphatic heterocycles. The van der Waals surface area contributed by atoms with Crippen molar-refractivity contribution < 1.29 is 9.59 Å². The van der Waals surface area contributed by atoms with E-state index in [1.54, 1.807) is 24.3 Å². The largest absolute Gasteiger partial charge is 0.399 e. The zero-order chi connectivity index (χ0) is 20.4. The fraction of sp³-hybridized carbons (Fsp3) is 0. The molecule has 1 aliphatic carbocycles. The Labute approximate surface area is 173 Å². The number of fused-ring (bicyclic) bond motifs is 1. The average molecular weight is 401 g/mol. The number of allylic oxidation sites excluding steroid dienone is 2. The van der Waals surface area contributed by atoms with Crippen LogP contribution < -0.4 is 11.1 Å². The van der Waals surface area contributed by atoms with Crippen molar-refractivity contribution in [2.24, 2.45) is 0 Å². The first-order valence-corrected chi connectivity index (χ1v) is 9.39. The smallest absolute Gasteiger partial charge is 0.211 e. The Morgan fingerprint density at radius 3 is 1.83 bits per heavy atom. The van der Waals surface area contributed by atoms with E-state index in [-0.39, 0.29) is 22.3 Å². The van der Waals surface area contributed by atoms with Gasteiger partial charge in [-0.05, 0) is 35.4 Å². The number of halogens is 1. The summed E-state index contributed by atoms with van der Waals surface area (Å²) < 4.78 is 0. The fourth-order valence-electron chi connectivity index (χ4n) is 3.08. The molecule has 5 heteroatoms. The predicted octanol–water partition coefficient (Wildman–Crippen LogP) is 5.38. The number of hydrogen-bond donors (Lipinski definition) is 2. The van der Waals surface area contributed by atoms with E-state index in [0.29, 0.717) is 16.8 Å². The minimum Gasteiger partial charge on any atom is -0.399 e. The van der Waals surface area contributed by atoms with Crippen molar-refractivity contribution in [1.82, 2.24) is 0 Å². The molecular weight excluding hydrogens is 384 g/mol. The topological polar surface area (TPSA) is 72.2 Å². The van der Waals surface area contributed by atoms with Gasteiger partial charge >= 0.3 is 0 Å². The molecule has 0 spiro atoms. The van der Waals surface area contributed by atoms with Crippen molar-refractivity contribution in [2.75, 3.05) is 11.1 Å². The molecule has 4 rings (SSSR count). The Morgan fingerprint density at radius 1 is 0.724 bits per heavy atom. The summed E-state index contributed by atoms with van der Waals surface area (Å²) in [5.41, 5.74) is 9.90. The molecule has 3 N–H and O–H groups in total. The number of carbonyl (C=O) groups is 2. The third-order valence-electron chi connectivity index (χ3n) is 4.65. The molecule has 0 radical (unpaired) electrons. The van der Waals surface area contributed by atoms with E-state index < -0.39 is 0 Å². The first kappa shape index (κ1) is 18.7. The van der Waals surface area contributed by atoms with Gasteiger partial charge in [-0.3, -0.25) is 9.59 Å². The molecule has 4 nitrogen and oxygen atoms in total. The number of ketones is 2. The Kier molecular flexibility index (Phi) is 5.02. The van der Waals surface area contributed by atoms with Crippen LogP contribution in [0.1, 0.15) is 31.8 Å². The molecule has 0 fully saturated rings. The molecule has 0 unspecified atom stereocenters. The van der Waals surface area contributed by atoms with Gasteiger partial charge in [0.1, 0.15) is 10.7 Å². The summed E-state index contributed by atoms with van der Waals surface area (Å²) in [4.78, 5) is 25.2. The van der Waals surface area contributed by atoms with Crippen LogP contribution in [-0.2, 0) is 0 Å². The van der Waals surface area contributed by atoms with E-state index in [1.807, 2.05) is 60.7 Å². The third kappa shape index (κ3) is 3.84. The molecule has 3 aromatic carbocycles. The molecule has 0 bridgehead atoms. The maximum Gasteiger partial charge on any atom is 0.211 e. The Morgan fingerprint density at radius 2 is 1.24 bits per heavy atom. The third-order valence-corrected chi connectivity index (χ3v) is 5.01. The first-order chi connectivity index (χ1) is 14.0. The molecule has 29 heavy (non-hydrogen) atoms. The van der Waals surface area contributed by atoms with Crippen molar-refractivity contribution in [2.45, 2.75) is 0 Å². The van der Waals surface area contributed by atoms with Crippen molar-refractivity contribution in [1.29, 1.82) is 0 Å². The van der Waals surface area contributed by atoms with Crippen LogP contribution >= 0.6 is 11.6 Å². The summed E-state index contributed by atoms with van der Waals surface area (Å²) in [6, 6.07) is 21.8. The second kappa shape index (κ2) is 7.78. The summed E-state index contributed by atoms with van der Waals surface area (Å²) in [6.07, 6.45) is 3.97. The van der Waals surface area contributed by atoms with E-state index >= 15 is 0 Å². The van der Waals surface area contributed by atoms with Gasteiger partial charge in [0.2, 0.25) is 11.6 Å². The van der Waals surface area contributed by atoms with Crippen LogP contribution in [0, 0.1) is 0 Å². The molecule has 0 heterocycles. The zero-order valence-corrected chi connectivity index (χ0v) is 16.1. The van der Waals surface area contributed by atoms with Crippen molar-refractivity contribution >= 4 is 46.7 Å². The minimum atomic E-state index is -0.354. The van der Waals surface area contributed by atoms with Gasteiger partial charge < -0.3 is 11.1 Å². The van der Waals surface area contributed by atoms with Crippen LogP contribution in [-0.4, -0.2) is 11.6 Å². The molecule has 1 aliphatic rings. The minimum absolute atomic E-state index is 0.0963. The number of benzene rings is 3. The normalized spacial score (nSPS) is 13.7. The molecule has 3 aromatic rings. The standard InChI is InChI=1S/C24H17ClN2O2/c25-21-22(24(29)20-4-2-1-3-19(20)23(21)28)27-18-13-9-16(10-14-18)6-5-15-7-11-17(26)12-8-15/h1-14,27H,26H2/b6-5+. The summed E-state index contributed by atoms with van der Waals surface area (Å²) in [6.45, 7) is 0. The van der Waals surface area contributed by atoms with Gasteiger partial charge in [-0.1, -0.05) is 72.3 Å². The number of nitrogens with one attached hydrogen (secondary N) is 1. The highest BCUT2D eigenvalue weighted by Gasteiger charge is 2.31. The Hall–Kier alpha value is -3.63. The maximum absolute atomic E-state index is 12.8. The lowest BCUT2D eigenvalue weighted by Gasteiger charge is -2.19. The lowest BCUT2D eigenvalue weighted by molar-refractivity contribution is 0.0982. The van der Waals surface area contributed by atoms with Crippen LogP contribution in [0.3, 0.4) is 0 Å². The van der Waals surface area contributed by atoms with Crippen LogP contribution in [0.2, 0.25) is 0 Å². The first-order valence-electron chi connectivity index (χ1n) is 9.02. The van der Waals surface area contributed by atoms with Crippen LogP contribution in [0.4, 0.5) is 11.4 Å². The number of hydrogen-bond acceptors (Lipinski definition) is 4. The van der Waals surface area contributed by atoms with E-state index in [2.05, 4.69) is 5.32 Å². The van der Waals surface area contributed by atoms with Crippen molar-refractivity contribution in [3.05, 3.63) is 106 Å². The summed E-state index contributed by atoms with van der Waals surface area (Å²) in [7, 11) is 0. The van der Waals surface area contributed by atoms with E-state index in [9.17, 15) is 9.59 Å². The quantitative estimate of drug-likeness (QED) is 0.455. The number of nitrogen functional groups attached to an aromatic ring is 1. The fourth-order valence-corrected chi connectivity index (χ4v) is 3.31. The van der Waals surface area contributed by atoms with Gasteiger partial charge in [0.05, 0.1) is 0 Å². The summed E-state index contributed by atoms with van der Waals surface area (Å²) in [5.74, 6) is -0.648. The number of carbonyl (C=O) groups excluding carboxylic acids is 2. The van der Waals surface area contributed by atoms with E-state index in [0.717, 1.165) is 16.8 Å². The molecule has 0 aromatic heterocycles. The second-order valence-electron chi connectivity index (χ2n) is 6.64. The molecule has 0 amide bonds. The van der Waals surface area contributed by atoms with Gasteiger partial charge in [0.15, 0.2) is 0 Å². The number of anilines is 2. The Balaban J connectivity index is 1.53. The Bertz CT molecular complexity index is 1160. The van der Waals surface area contributed by atoms with Crippen LogP contribution in [0.25, 0.3) is 12.2 Å². The van der Waals surface area contributed by atoms with Crippen molar-refractivity contribution in [3.63, 3.8) is 0 Å². The highest BCUT2D eigenvalue weighted by atomic mass is 35.5. The van der Waals surface area contributed by atoms with Crippen molar-refractivity contribution in [3.8, 4) is 0 Å². The monoisotopic (exact) mass is 400 g/mol. The summed E-state index contributed by atoms with van der Waals surface area (Å²) in [5, 5.41) is 2.90. The number of rotatable bonds is 4.